The van der Waals surface area contributed by atoms with Gasteiger partial charge in [-0.1, -0.05) is 57.2 Å². The van der Waals surface area contributed by atoms with Crippen molar-refractivity contribution in [2.45, 2.75) is 52.6 Å². The molecule has 1 N–H and O–H groups in total. The van der Waals surface area contributed by atoms with Crippen LogP contribution in [0.25, 0.3) is 0 Å². The molecule has 2 aromatic carbocycles. The van der Waals surface area contributed by atoms with Crippen LogP contribution in [0, 0.1) is 6.92 Å². The standard InChI is InChI=1S/C24H32N2O3/c1-17-9-7-8-10-19(17)15-26(18(2)23(28)25-6)22(27)16-29-21-13-11-20(12-14-21)24(3,4)5/h7-14,18H,15-16H2,1-6H3,(H,25,28)/t18-/m1/s1. The molecule has 0 saturated heterocycles. The van der Waals surface area contributed by atoms with Crippen LogP contribution in [0.15, 0.2) is 48.5 Å². The Morgan fingerprint density at radius 2 is 1.69 bits per heavy atom. The fourth-order valence-corrected chi connectivity index (χ4v) is 3.04. The highest BCUT2D eigenvalue weighted by atomic mass is 16.5. The zero-order valence-electron chi connectivity index (χ0n) is 18.3. The zero-order valence-corrected chi connectivity index (χ0v) is 18.3. The van der Waals surface area contributed by atoms with Gasteiger partial charge in [0.2, 0.25) is 5.91 Å². The Kier molecular flexibility index (Phi) is 7.43. The summed E-state index contributed by atoms with van der Waals surface area (Å²) in [6.45, 7) is 10.4. The maximum absolute atomic E-state index is 12.9. The van der Waals surface area contributed by atoms with Crippen LogP contribution in [0.1, 0.15) is 44.4 Å². The molecule has 0 heterocycles. The fourth-order valence-electron chi connectivity index (χ4n) is 3.04. The summed E-state index contributed by atoms with van der Waals surface area (Å²) in [5.74, 6) is 0.195. The molecule has 29 heavy (non-hydrogen) atoms. The van der Waals surface area contributed by atoms with Crippen molar-refractivity contribution in [1.29, 1.82) is 0 Å². The third-order valence-corrected chi connectivity index (χ3v) is 5.10. The lowest BCUT2D eigenvalue weighted by atomic mass is 9.87. The van der Waals surface area contributed by atoms with Crippen molar-refractivity contribution in [2.75, 3.05) is 13.7 Å². The number of nitrogens with one attached hydrogen (secondary N) is 1. The number of amides is 2. The van der Waals surface area contributed by atoms with E-state index in [1.165, 1.54) is 5.56 Å². The van der Waals surface area contributed by atoms with E-state index in [4.69, 9.17) is 4.74 Å². The normalized spacial score (nSPS) is 12.2. The summed E-state index contributed by atoms with van der Waals surface area (Å²) >= 11 is 0. The second kappa shape index (κ2) is 9.59. The van der Waals surface area contributed by atoms with E-state index in [1.54, 1.807) is 18.9 Å². The number of nitrogens with zero attached hydrogens (tertiary/aromatic N) is 1. The highest BCUT2D eigenvalue weighted by Gasteiger charge is 2.26. The Hall–Kier alpha value is -2.82. The fraction of sp³-hybridized carbons (Fsp3) is 0.417. The van der Waals surface area contributed by atoms with Crippen molar-refractivity contribution in [1.82, 2.24) is 10.2 Å². The van der Waals surface area contributed by atoms with E-state index in [-0.39, 0.29) is 23.8 Å². The molecule has 156 valence electrons. The van der Waals surface area contributed by atoms with Crippen LogP contribution < -0.4 is 10.1 Å². The first-order valence-corrected chi connectivity index (χ1v) is 9.92. The minimum Gasteiger partial charge on any atom is -0.484 e. The van der Waals surface area contributed by atoms with E-state index in [1.807, 2.05) is 55.5 Å². The Labute approximate surface area is 174 Å². The van der Waals surface area contributed by atoms with Crippen LogP contribution in [-0.4, -0.2) is 36.4 Å². The first-order valence-electron chi connectivity index (χ1n) is 9.92. The van der Waals surface area contributed by atoms with E-state index < -0.39 is 6.04 Å². The van der Waals surface area contributed by atoms with Gasteiger partial charge in [0, 0.05) is 13.6 Å². The van der Waals surface area contributed by atoms with Crippen LogP contribution in [0.5, 0.6) is 5.75 Å². The molecule has 0 unspecified atom stereocenters. The van der Waals surface area contributed by atoms with Crippen molar-refractivity contribution >= 4 is 11.8 Å². The third-order valence-electron chi connectivity index (χ3n) is 5.10. The molecule has 0 bridgehead atoms. The molecule has 5 nitrogen and oxygen atoms in total. The van der Waals surface area contributed by atoms with Gasteiger partial charge in [-0.25, -0.2) is 0 Å². The number of aryl methyl sites for hydroxylation is 1. The van der Waals surface area contributed by atoms with Gasteiger partial charge in [-0.3, -0.25) is 9.59 Å². The van der Waals surface area contributed by atoms with E-state index >= 15 is 0 Å². The number of rotatable bonds is 7. The van der Waals surface area contributed by atoms with E-state index in [9.17, 15) is 9.59 Å². The number of carbonyl (C=O) groups excluding carboxylic acids is 2. The summed E-state index contributed by atoms with van der Waals surface area (Å²) in [4.78, 5) is 26.7. The van der Waals surface area contributed by atoms with Gasteiger partial charge in [0.05, 0.1) is 0 Å². The van der Waals surface area contributed by atoms with Gasteiger partial charge < -0.3 is 15.0 Å². The SMILES string of the molecule is CNC(=O)[C@@H](C)N(Cc1ccccc1C)C(=O)COc1ccc(C(C)(C)C)cc1. The molecule has 0 radical (unpaired) electrons. The lowest BCUT2D eigenvalue weighted by Gasteiger charge is -2.29. The monoisotopic (exact) mass is 396 g/mol. The molecule has 2 rings (SSSR count). The van der Waals surface area contributed by atoms with Crippen molar-refractivity contribution in [3.05, 3.63) is 65.2 Å². The van der Waals surface area contributed by atoms with Crippen molar-refractivity contribution in [2.24, 2.45) is 0 Å². The molecule has 2 aromatic rings. The molecule has 0 aliphatic heterocycles. The first-order chi connectivity index (χ1) is 13.6. The molecule has 0 saturated carbocycles. The summed E-state index contributed by atoms with van der Waals surface area (Å²) in [5.41, 5.74) is 3.34. The van der Waals surface area contributed by atoms with Crippen LogP contribution in [0.4, 0.5) is 0 Å². The molecule has 0 aliphatic rings. The number of hydrogen-bond acceptors (Lipinski definition) is 3. The van der Waals surface area contributed by atoms with Crippen molar-refractivity contribution < 1.29 is 14.3 Å². The molecule has 1 atom stereocenters. The molecule has 5 heteroatoms. The molecule has 0 spiro atoms. The molecular weight excluding hydrogens is 364 g/mol. The summed E-state index contributed by atoms with van der Waals surface area (Å²) in [5, 5.41) is 2.62. The van der Waals surface area contributed by atoms with Crippen LogP contribution in [0.2, 0.25) is 0 Å². The van der Waals surface area contributed by atoms with Gasteiger partial charge in [-0.05, 0) is 48.1 Å². The molecule has 0 aromatic heterocycles. The number of likely N-dealkylation sites (N-methyl/N-ethyl adjacent to an activating group) is 1. The molecule has 0 aliphatic carbocycles. The Morgan fingerprint density at radius 3 is 2.24 bits per heavy atom. The predicted molar refractivity (Wildman–Crippen MR) is 116 cm³/mol. The second-order valence-electron chi connectivity index (χ2n) is 8.30. The smallest absolute Gasteiger partial charge is 0.261 e. The molecular formula is C24H32N2O3. The summed E-state index contributed by atoms with van der Waals surface area (Å²) in [7, 11) is 1.57. The maximum atomic E-state index is 12.9. The van der Waals surface area contributed by atoms with Gasteiger partial charge in [0.15, 0.2) is 6.61 Å². The highest BCUT2D eigenvalue weighted by Crippen LogP contribution is 2.24. The molecule has 0 fully saturated rings. The Bertz CT molecular complexity index is 838. The summed E-state index contributed by atoms with van der Waals surface area (Å²) < 4.78 is 5.73. The quantitative estimate of drug-likeness (QED) is 0.774. The van der Waals surface area contributed by atoms with Gasteiger partial charge in [0.25, 0.3) is 5.91 Å². The third kappa shape index (κ3) is 6.08. The maximum Gasteiger partial charge on any atom is 0.261 e. The molecule has 2 amide bonds. The van der Waals surface area contributed by atoms with Crippen LogP contribution in [0.3, 0.4) is 0 Å². The lowest BCUT2D eigenvalue weighted by Crippen LogP contribution is -2.48. The summed E-state index contributed by atoms with van der Waals surface area (Å²) in [6.07, 6.45) is 0. The number of ether oxygens (including phenoxy) is 1. The van der Waals surface area contributed by atoms with Gasteiger partial charge in [-0.2, -0.15) is 0 Å². The Balaban J connectivity index is 2.12. The second-order valence-corrected chi connectivity index (χ2v) is 8.30. The van der Waals surface area contributed by atoms with Crippen LogP contribution >= 0.6 is 0 Å². The van der Waals surface area contributed by atoms with E-state index in [2.05, 4.69) is 26.1 Å². The van der Waals surface area contributed by atoms with Gasteiger partial charge in [0.1, 0.15) is 11.8 Å². The average Bonchev–Trinajstić information content (AvgIpc) is 2.70. The lowest BCUT2D eigenvalue weighted by molar-refractivity contribution is -0.142. The first kappa shape index (κ1) is 22.5. The van der Waals surface area contributed by atoms with E-state index in [0.29, 0.717) is 12.3 Å². The van der Waals surface area contributed by atoms with Gasteiger partial charge >= 0.3 is 0 Å². The number of carbonyl (C=O) groups is 2. The van der Waals surface area contributed by atoms with Crippen LogP contribution in [-0.2, 0) is 21.5 Å². The number of hydrogen-bond donors (Lipinski definition) is 1. The average molecular weight is 397 g/mol. The minimum atomic E-state index is -0.598. The van der Waals surface area contributed by atoms with Crippen molar-refractivity contribution in [3.63, 3.8) is 0 Å². The predicted octanol–water partition coefficient (Wildman–Crippen LogP) is 3.83. The highest BCUT2D eigenvalue weighted by molar-refractivity contribution is 5.87. The minimum absolute atomic E-state index is 0.0572. The topological polar surface area (TPSA) is 58.6 Å². The van der Waals surface area contributed by atoms with E-state index in [0.717, 1.165) is 11.1 Å². The Morgan fingerprint density at radius 1 is 1.07 bits per heavy atom. The summed E-state index contributed by atoms with van der Waals surface area (Å²) in [6, 6.07) is 15.0. The zero-order chi connectivity index (χ0) is 21.6. The van der Waals surface area contributed by atoms with Crippen molar-refractivity contribution in [3.8, 4) is 5.75 Å². The number of benzene rings is 2. The largest absolute Gasteiger partial charge is 0.484 e. The van der Waals surface area contributed by atoms with Gasteiger partial charge in [-0.15, -0.1) is 0 Å².